The Balaban J connectivity index is 1.64. The lowest BCUT2D eigenvalue weighted by Gasteiger charge is -2.04. The van der Waals surface area contributed by atoms with Gasteiger partial charge in [-0.15, -0.1) is 0 Å². The highest BCUT2D eigenvalue weighted by Gasteiger charge is 2.12. The molecule has 0 aliphatic heterocycles. The van der Waals surface area contributed by atoms with E-state index in [4.69, 9.17) is 4.42 Å². The van der Waals surface area contributed by atoms with Gasteiger partial charge in [0.25, 0.3) is 5.91 Å². The molecule has 0 saturated carbocycles. The Kier molecular flexibility index (Phi) is 2.86. The SMILES string of the molecule is O=C(Nc1ccc2ncccc2c1)c1cc2ccccc2o1. The van der Waals surface area contributed by atoms with Gasteiger partial charge in [0, 0.05) is 22.7 Å². The lowest BCUT2D eigenvalue weighted by molar-refractivity contribution is 0.0998. The molecule has 0 atom stereocenters. The predicted octanol–water partition coefficient (Wildman–Crippen LogP) is 4.23. The summed E-state index contributed by atoms with van der Waals surface area (Å²) in [7, 11) is 0. The minimum Gasteiger partial charge on any atom is -0.451 e. The summed E-state index contributed by atoms with van der Waals surface area (Å²) in [6.45, 7) is 0. The molecule has 2 aromatic carbocycles. The lowest BCUT2D eigenvalue weighted by Crippen LogP contribution is -2.10. The van der Waals surface area contributed by atoms with Gasteiger partial charge in [-0.2, -0.15) is 0 Å². The van der Waals surface area contributed by atoms with Crippen LogP contribution in [0.2, 0.25) is 0 Å². The van der Waals surface area contributed by atoms with Crippen molar-refractivity contribution in [3.63, 3.8) is 0 Å². The van der Waals surface area contributed by atoms with Crippen molar-refractivity contribution < 1.29 is 9.21 Å². The van der Waals surface area contributed by atoms with E-state index in [1.807, 2.05) is 54.6 Å². The van der Waals surface area contributed by atoms with Crippen LogP contribution in [0.3, 0.4) is 0 Å². The zero-order valence-electron chi connectivity index (χ0n) is 11.6. The largest absolute Gasteiger partial charge is 0.451 e. The van der Waals surface area contributed by atoms with Crippen molar-refractivity contribution in [1.82, 2.24) is 4.98 Å². The second kappa shape index (κ2) is 5.00. The fourth-order valence-corrected chi connectivity index (χ4v) is 2.44. The topological polar surface area (TPSA) is 55.1 Å². The van der Waals surface area contributed by atoms with E-state index in [1.165, 1.54) is 0 Å². The standard InChI is InChI=1S/C18H12N2O2/c21-18(17-11-13-4-1-2-6-16(13)22-17)20-14-7-8-15-12(10-14)5-3-9-19-15/h1-11H,(H,20,21). The summed E-state index contributed by atoms with van der Waals surface area (Å²) in [6.07, 6.45) is 1.75. The normalized spacial score (nSPS) is 10.9. The zero-order chi connectivity index (χ0) is 14.9. The second-order valence-electron chi connectivity index (χ2n) is 5.01. The number of nitrogens with zero attached hydrogens (tertiary/aromatic N) is 1. The molecule has 4 nitrogen and oxygen atoms in total. The van der Waals surface area contributed by atoms with Crippen LogP contribution in [-0.4, -0.2) is 10.9 Å². The highest BCUT2D eigenvalue weighted by molar-refractivity contribution is 6.05. The molecule has 22 heavy (non-hydrogen) atoms. The van der Waals surface area contributed by atoms with Gasteiger partial charge >= 0.3 is 0 Å². The highest BCUT2D eigenvalue weighted by Crippen LogP contribution is 2.21. The molecule has 0 unspecified atom stereocenters. The molecule has 2 heterocycles. The molecule has 0 saturated heterocycles. The lowest BCUT2D eigenvalue weighted by atomic mass is 10.2. The van der Waals surface area contributed by atoms with Gasteiger partial charge < -0.3 is 9.73 Å². The van der Waals surface area contributed by atoms with Crippen LogP contribution in [0.25, 0.3) is 21.9 Å². The summed E-state index contributed by atoms with van der Waals surface area (Å²) in [4.78, 5) is 16.6. The van der Waals surface area contributed by atoms with Crippen molar-refractivity contribution in [2.45, 2.75) is 0 Å². The average molecular weight is 288 g/mol. The highest BCUT2D eigenvalue weighted by atomic mass is 16.3. The maximum Gasteiger partial charge on any atom is 0.291 e. The number of nitrogens with one attached hydrogen (secondary N) is 1. The van der Waals surface area contributed by atoms with Crippen LogP contribution in [0.15, 0.2) is 71.3 Å². The maximum absolute atomic E-state index is 12.3. The molecule has 0 aliphatic rings. The van der Waals surface area contributed by atoms with Crippen molar-refractivity contribution in [3.8, 4) is 0 Å². The molecule has 1 N–H and O–H groups in total. The number of hydrogen-bond acceptors (Lipinski definition) is 3. The molecular formula is C18H12N2O2. The number of hydrogen-bond donors (Lipinski definition) is 1. The fourth-order valence-electron chi connectivity index (χ4n) is 2.44. The Morgan fingerprint density at radius 1 is 0.955 bits per heavy atom. The molecule has 1 amide bonds. The first kappa shape index (κ1) is 12.6. The van der Waals surface area contributed by atoms with Crippen molar-refractivity contribution in [2.75, 3.05) is 5.32 Å². The molecule has 4 rings (SSSR count). The van der Waals surface area contributed by atoms with Gasteiger partial charge in [-0.05, 0) is 36.4 Å². The number of anilines is 1. The quantitative estimate of drug-likeness (QED) is 0.600. The Morgan fingerprint density at radius 3 is 2.73 bits per heavy atom. The maximum atomic E-state index is 12.3. The third-order valence-electron chi connectivity index (χ3n) is 3.51. The third-order valence-corrected chi connectivity index (χ3v) is 3.51. The Labute approximate surface area is 126 Å². The van der Waals surface area contributed by atoms with Crippen molar-refractivity contribution in [2.24, 2.45) is 0 Å². The Bertz CT molecular complexity index is 955. The van der Waals surface area contributed by atoms with Crippen LogP contribution in [0, 0.1) is 0 Å². The number of aromatic nitrogens is 1. The molecule has 0 radical (unpaired) electrons. The van der Waals surface area contributed by atoms with E-state index in [2.05, 4.69) is 10.3 Å². The van der Waals surface area contributed by atoms with E-state index >= 15 is 0 Å². The van der Waals surface area contributed by atoms with Gasteiger partial charge in [0.1, 0.15) is 5.58 Å². The molecule has 0 aliphatic carbocycles. The van der Waals surface area contributed by atoms with E-state index in [1.54, 1.807) is 12.3 Å². The molecular weight excluding hydrogens is 276 g/mol. The molecule has 0 spiro atoms. The number of furan rings is 1. The fraction of sp³-hybridized carbons (Fsp3) is 0. The zero-order valence-corrected chi connectivity index (χ0v) is 11.6. The van der Waals surface area contributed by atoms with Crippen LogP contribution in [0.4, 0.5) is 5.69 Å². The van der Waals surface area contributed by atoms with E-state index in [9.17, 15) is 4.79 Å². The predicted molar refractivity (Wildman–Crippen MR) is 85.9 cm³/mol. The molecule has 0 bridgehead atoms. The smallest absolute Gasteiger partial charge is 0.291 e. The van der Waals surface area contributed by atoms with E-state index < -0.39 is 0 Å². The third kappa shape index (κ3) is 2.20. The van der Waals surface area contributed by atoms with Crippen molar-refractivity contribution >= 4 is 33.5 Å². The molecule has 4 aromatic rings. The number of fused-ring (bicyclic) bond motifs is 2. The van der Waals surface area contributed by atoms with Gasteiger partial charge in [-0.25, -0.2) is 0 Å². The van der Waals surface area contributed by atoms with Crippen molar-refractivity contribution in [3.05, 3.63) is 72.6 Å². The summed E-state index contributed by atoms with van der Waals surface area (Å²) >= 11 is 0. The first-order valence-electron chi connectivity index (χ1n) is 6.94. The molecule has 0 fully saturated rings. The molecule has 106 valence electrons. The van der Waals surface area contributed by atoms with E-state index in [-0.39, 0.29) is 5.91 Å². The summed E-state index contributed by atoms with van der Waals surface area (Å²) < 4.78 is 5.57. The van der Waals surface area contributed by atoms with Crippen LogP contribution in [-0.2, 0) is 0 Å². The number of amides is 1. The van der Waals surface area contributed by atoms with Crippen LogP contribution in [0.5, 0.6) is 0 Å². The molecule has 4 heteroatoms. The van der Waals surface area contributed by atoms with E-state index in [0.29, 0.717) is 17.0 Å². The van der Waals surface area contributed by atoms with E-state index in [0.717, 1.165) is 16.3 Å². The minimum atomic E-state index is -0.264. The second-order valence-corrected chi connectivity index (χ2v) is 5.01. The van der Waals surface area contributed by atoms with Crippen molar-refractivity contribution in [1.29, 1.82) is 0 Å². The van der Waals surface area contributed by atoms with Gasteiger partial charge in [-0.1, -0.05) is 24.3 Å². The number of rotatable bonds is 2. The number of pyridine rings is 1. The van der Waals surface area contributed by atoms with Crippen LogP contribution >= 0.6 is 0 Å². The Hall–Kier alpha value is -3.14. The number of para-hydroxylation sites is 1. The Morgan fingerprint density at radius 2 is 1.82 bits per heavy atom. The van der Waals surface area contributed by atoms with Gasteiger partial charge in [0.15, 0.2) is 5.76 Å². The minimum absolute atomic E-state index is 0.264. The van der Waals surface area contributed by atoms with Crippen LogP contribution < -0.4 is 5.32 Å². The monoisotopic (exact) mass is 288 g/mol. The first-order chi connectivity index (χ1) is 10.8. The summed E-state index contributed by atoms with van der Waals surface area (Å²) in [6, 6.07) is 18.7. The summed E-state index contributed by atoms with van der Waals surface area (Å²) in [5.74, 6) is 0.0342. The summed E-state index contributed by atoms with van der Waals surface area (Å²) in [5.41, 5.74) is 2.31. The average Bonchev–Trinajstić information content (AvgIpc) is 2.99. The summed E-state index contributed by atoms with van der Waals surface area (Å²) in [5, 5.41) is 4.74. The number of benzene rings is 2. The first-order valence-corrected chi connectivity index (χ1v) is 6.94. The van der Waals surface area contributed by atoms with Crippen LogP contribution in [0.1, 0.15) is 10.6 Å². The van der Waals surface area contributed by atoms with Gasteiger partial charge in [0.2, 0.25) is 0 Å². The van der Waals surface area contributed by atoms with Gasteiger partial charge in [0.05, 0.1) is 5.52 Å². The number of carbonyl (C=O) groups is 1. The molecule has 2 aromatic heterocycles. The number of carbonyl (C=O) groups excluding carboxylic acids is 1. The van der Waals surface area contributed by atoms with Gasteiger partial charge in [-0.3, -0.25) is 9.78 Å².